The molecular weight excluding hydrogens is 1520 g/mol. The molecule has 0 spiro atoms. The van der Waals surface area contributed by atoms with Crippen LogP contribution in [0.25, 0.3) is 160 Å². The highest BCUT2D eigenvalue weighted by Crippen LogP contribution is 2.46. The number of aryl methyl sites for hydroxylation is 10. The smallest absolute Gasteiger partial charge is 0.294 e. The molecule has 602 valence electrons. The molecule has 120 heavy (non-hydrogen) atoms. The Morgan fingerprint density at radius 2 is 0.883 bits per heavy atom. The molecule has 1 aliphatic heterocycles. The molecule has 6 N–H and O–H groups in total. The van der Waals surface area contributed by atoms with E-state index >= 15 is 0 Å². The summed E-state index contributed by atoms with van der Waals surface area (Å²) >= 11 is 0. The van der Waals surface area contributed by atoms with E-state index in [2.05, 4.69) is 222 Å². The molecule has 0 bridgehead atoms. The number of aliphatic imine (C=N–C) groups is 1. The van der Waals surface area contributed by atoms with Gasteiger partial charge in [0.1, 0.15) is 34.4 Å². The Bertz CT molecular complexity index is 7130. The van der Waals surface area contributed by atoms with E-state index in [1.165, 1.54) is 62.2 Å². The number of rotatable bonds is 17. The van der Waals surface area contributed by atoms with Crippen LogP contribution >= 0.6 is 0 Å². The summed E-state index contributed by atoms with van der Waals surface area (Å²) in [6, 6.07) is 63.6. The molecule has 23 heteroatoms. The molecule has 9 heterocycles. The lowest BCUT2D eigenvalue weighted by Crippen LogP contribution is -2.18. The van der Waals surface area contributed by atoms with Crippen LogP contribution in [-0.2, 0) is 10.0 Å². The molecule has 3 aliphatic rings. The Morgan fingerprint density at radius 3 is 1.44 bits per heavy atom. The van der Waals surface area contributed by atoms with Crippen LogP contribution in [-0.4, -0.2) is 99.6 Å². The van der Waals surface area contributed by atoms with Gasteiger partial charge in [-0.25, -0.2) is 23.4 Å². The lowest BCUT2D eigenvalue weighted by molar-refractivity contribution is 0.317. The SMILES string of the molecule is CC1=NCC(C)=C1c1cc(-c2c(C)noc2C)cc2[nH]c(NCC3CC3)nc12.CCOc1nc2c(-c3c(C)ccc4ccccc34)cc(-c3c(C)noc3C)cc2[nH]1.Cc1nc2c(-c3cccc4ccccc34)cc(-c3c(C)noc3C)cc2[nH]1.Cc1noc(C)c1-c1cc(-c2ccccc2-c2ccccc2)c2nc(NS(=O)(=O)C3CC3)[nH]c2c1. The number of aromatic nitrogens is 12. The number of hydrogen-bond donors (Lipinski definition) is 6. The number of hydrogen-bond acceptors (Lipinski definition) is 17. The average molecular weight is 1610 g/mol. The minimum atomic E-state index is -3.45. The van der Waals surface area contributed by atoms with Gasteiger partial charge in [0.15, 0.2) is 0 Å². The summed E-state index contributed by atoms with van der Waals surface area (Å²) in [4.78, 5) is 37.2. The number of nitrogens with zero attached hydrogens (tertiary/aromatic N) is 9. The highest BCUT2D eigenvalue weighted by molar-refractivity contribution is 7.93. The standard InChI is InChI=1S/C27H24N4O3S.C25H23N3O2.C23H19N3O.C22H25N5O/c1-16-25(17(2)34-30-16)19-14-23(22-11-7-6-10-21(22)18-8-4-3-5-9-18)26-24(15-19)28-27(29-26)31-35(32,33)20-12-13-20;1-5-29-25-26-21-13-18(23-15(3)28-30-16(23)4)12-20(24(21)27-25)22-14(2)10-11-17-8-6-7-9-19(17)22;1-13-22(14(2)27-26-13)17-11-20(23-21(12-17)24-15(3)25-23)19-10-6-8-16-7-4-5-9-18(16)19;1-11-9-23-12(2)19(11)17-7-16(20-13(3)27-28-14(20)4)8-18-21(17)26-22(25-18)24-10-15-5-6-15/h3-11,14-15,20H,12-13H2,1-2H3,(H2,28,29,31);6-13H,5H2,1-4H3,(H,26,27);4-12H,1-3H3,(H,24,25);7-8,15H,5-6,9-10H2,1-4H3,(H2,24,25,26). The van der Waals surface area contributed by atoms with Crippen LogP contribution < -0.4 is 14.8 Å². The minimum Gasteiger partial charge on any atom is -0.465 e. The minimum absolute atomic E-state index is 0.223. The van der Waals surface area contributed by atoms with Gasteiger partial charge in [0.2, 0.25) is 21.9 Å². The first-order valence-corrected chi connectivity index (χ1v) is 42.2. The number of sulfonamides is 1. The highest BCUT2D eigenvalue weighted by atomic mass is 32.2. The molecule has 0 amide bonds. The number of fused-ring (bicyclic) bond motifs is 6. The summed E-state index contributed by atoms with van der Waals surface area (Å²) in [5.74, 6) is 5.94. The van der Waals surface area contributed by atoms with Gasteiger partial charge in [-0.3, -0.25) is 9.71 Å². The van der Waals surface area contributed by atoms with Crippen LogP contribution in [0.1, 0.15) is 109 Å². The summed E-state index contributed by atoms with van der Waals surface area (Å²) in [7, 11) is -3.45. The van der Waals surface area contributed by atoms with E-state index in [9.17, 15) is 8.42 Å². The van der Waals surface area contributed by atoms with E-state index < -0.39 is 10.0 Å². The molecule has 18 aromatic rings. The quantitative estimate of drug-likeness (QED) is 0.0494. The molecule has 8 aromatic heterocycles. The van der Waals surface area contributed by atoms with Crippen molar-refractivity contribution in [2.45, 2.75) is 121 Å². The van der Waals surface area contributed by atoms with Gasteiger partial charge in [0.05, 0.1) is 79.8 Å². The Morgan fingerprint density at radius 1 is 0.417 bits per heavy atom. The van der Waals surface area contributed by atoms with Crippen LogP contribution in [0, 0.1) is 75.2 Å². The van der Waals surface area contributed by atoms with E-state index in [0.29, 0.717) is 31.0 Å². The predicted molar refractivity (Wildman–Crippen MR) is 479 cm³/mol. The van der Waals surface area contributed by atoms with Gasteiger partial charge in [0.25, 0.3) is 6.01 Å². The molecule has 22 nitrogen and oxygen atoms in total. The largest absolute Gasteiger partial charge is 0.465 e. The van der Waals surface area contributed by atoms with E-state index in [1.54, 1.807) is 0 Å². The van der Waals surface area contributed by atoms with Gasteiger partial charge < -0.3 is 48.1 Å². The van der Waals surface area contributed by atoms with Gasteiger partial charge in [0, 0.05) is 62.3 Å². The molecular formula is C97H91N15O7S. The van der Waals surface area contributed by atoms with Crippen LogP contribution in [0.5, 0.6) is 6.01 Å². The number of aromatic amines is 4. The fraction of sp³-hybridized carbons (Fsp3) is 0.227. The zero-order valence-corrected chi connectivity index (χ0v) is 70.0. The van der Waals surface area contributed by atoms with Gasteiger partial charge in [-0.2, -0.15) is 4.98 Å². The summed E-state index contributed by atoms with van der Waals surface area (Å²) in [5.41, 5.74) is 33.4. The Kier molecular flexibility index (Phi) is 20.4. The van der Waals surface area contributed by atoms with Crippen molar-refractivity contribution in [3.63, 3.8) is 0 Å². The summed E-state index contributed by atoms with van der Waals surface area (Å²) in [6.07, 6.45) is 4.00. The van der Waals surface area contributed by atoms with Crippen molar-refractivity contribution in [1.82, 2.24) is 60.5 Å². The van der Waals surface area contributed by atoms with Gasteiger partial charge in [-0.15, -0.1) is 0 Å². The maximum absolute atomic E-state index is 12.6. The number of anilines is 2. The Labute approximate surface area is 693 Å². The lowest BCUT2D eigenvalue weighted by Gasteiger charge is -2.13. The van der Waals surface area contributed by atoms with E-state index in [0.717, 1.165) is 204 Å². The maximum Gasteiger partial charge on any atom is 0.294 e. The molecule has 2 saturated carbocycles. The van der Waals surface area contributed by atoms with Gasteiger partial charge >= 0.3 is 0 Å². The first-order valence-electron chi connectivity index (χ1n) is 40.7. The molecule has 10 aromatic carbocycles. The van der Waals surface area contributed by atoms with E-state index in [-0.39, 0.29) is 11.2 Å². The van der Waals surface area contributed by atoms with Crippen molar-refractivity contribution >= 4 is 98.9 Å². The summed E-state index contributed by atoms with van der Waals surface area (Å²) < 4.78 is 55.2. The second-order valence-corrected chi connectivity index (χ2v) is 33.5. The average Bonchev–Trinajstić information content (AvgIpc) is 1.51. The number of nitrogens with one attached hydrogen (secondary N) is 6. The maximum atomic E-state index is 12.6. The third-order valence-electron chi connectivity index (χ3n) is 22.9. The third-order valence-corrected chi connectivity index (χ3v) is 24.7. The van der Waals surface area contributed by atoms with Crippen molar-refractivity contribution in [3.05, 3.63) is 250 Å². The second kappa shape index (κ2) is 31.6. The van der Waals surface area contributed by atoms with Crippen LogP contribution in [0.2, 0.25) is 0 Å². The van der Waals surface area contributed by atoms with Crippen molar-refractivity contribution < 1.29 is 31.2 Å². The van der Waals surface area contributed by atoms with Crippen LogP contribution in [0.4, 0.5) is 11.9 Å². The predicted octanol–water partition coefficient (Wildman–Crippen LogP) is 23.3. The van der Waals surface area contributed by atoms with E-state index in [4.69, 9.17) is 42.8 Å². The molecule has 0 saturated heterocycles. The monoisotopic (exact) mass is 1610 g/mol. The third kappa shape index (κ3) is 15.0. The van der Waals surface area contributed by atoms with Gasteiger partial charge in [-0.05, 0) is 253 Å². The number of imidazole rings is 4. The van der Waals surface area contributed by atoms with Crippen LogP contribution in [0.3, 0.4) is 0 Å². The molecule has 21 rings (SSSR count). The number of ether oxygens (including phenoxy) is 1. The normalized spacial score (nSPS) is 13.5. The summed E-state index contributed by atoms with van der Waals surface area (Å²) in [5, 5.41) is 24.5. The fourth-order valence-corrected chi connectivity index (χ4v) is 18.2. The van der Waals surface area contributed by atoms with Gasteiger partial charge in [-0.1, -0.05) is 154 Å². The highest BCUT2D eigenvalue weighted by Gasteiger charge is 2.37. The van der Waals surface area contributed by atoms with Crippen LogP contribution in [0.15, 0.2) is 211 Å². The zero-order chi connectivity index (χ0) is 82.9. The first-order chi connectivity index (χ1) is 58.1. The first kappa shape index (κ1) is 77.4. The van der Waals surface area contributed by atoms with Crippen molar-refractivity contribution in [1.29, 1.82) is 0 Å². The molecule has 2 aliphatic carbocycles. The Hall–Kier alpha value is -13.8. The molecule has 0 unspecified atom stereocenters. The fourth-order valence-electron chi connectivity index (χ4n) is 16.9. The molecule has 2 fully saturated rings. The van der Waals surface area contributed by atoms with Crippen molar-refractivity contribution in [3.8, 4) is 95.0 Å². The topological polar surface area (TPSA) is 299 Å². The van der Waals surface area contributed by atoms with Crippen molar-refractivity contribution in [2.75, 3.05) is 29.7 Å². The molecule has 0 radical (unpaired) electrons. The lowest BCUT2D eigenvalue weighted by atomic mass is 9.90. The summed E-state index contributed by atoms with van der Waals surface area (Å²) in [6.45, 7) is 28.2. The number of allylic oxidation sites excluding steroid dienone is 1. The number of H-pyrrole nitrogens is 4. The van der Waals surface area contributed by atoms with Crippen molar-refractivity contribution in [2.24, 2.45) is 10.9 Å². The zero-order valence-electron chi connectivity index (χ0n) is 69.2. The van der Waals surface area contributed by atoms with E-state index in [1.807, 2.05) is 106 Å². The second-order valence-electron chi connectivity index (χ2n) is 31.6. The number of benzene rings is 10. The molecule has 0 atom stereocenters. The Balaban J connectivity index is 0.000000110.